The van der Waals surface area contributed by atoms with Gasteiger partial charge < -0.3 is 19.9 Å². The molecule has 1 fully saturated rings. The van der Waals surface area contributed by atoms with Crippen molar-refractivity contribution in [3.8, 4) is 0 Å². The van der Waals surface area contributed by atoms with Crippen molar-refractivity contribution in [2.45, 2.75) is 0 Å². The lowest BCUT2D eigenvalue weighted by molar-refractivity contribution is 0.142. The molecule has 1 aliphatic heterocycles. The molecule has 6 heteroatoms. The number of halogens is 1. The predicted octanol–water partition coefficient (Wildman–Crippen LogP) is 2.73. The zero-order valence-electron chi connectivity index (χ0n) is 10.3. The fourth-order valence-corrected chi connectivity index (χ4v) is 3.06. The Morgan fingerprint density at radius 3 is 2.68 bits per heavy atom. The monoisotopic (exact) mass is 323 g/mol. The number of H-pyrrole nitrogens is 1. The molecular formula is C13H14BrN3O2. The van der Waals surface area contributed by atoms with Crippen molar-refractivity contribution in [3.05, 3.63) is 28.9 Å². The first-order valence-corrected chi connectivity index (χ1v) is 6.94. The van der Waals surface area contributed by atoms with Gasteiger partial charge in [0.2, 0.25) is 0 Å². The number of benzene rings is 1. The van der Waals surface area contributed by atoms with E-state index in [1.165, 1.54) is 4.90 Å². The highest BCUT2D eigenvalue weighted by molar-refractivity contribution is 9.10. The first-order valence-electron chi connectivity index (χ1n) is 6.15. The minimum Gasteiger partial charge on any atom is -0.465 e. The molecule has 19 heavy (non-hydrogen) atoms. The zero-order valence-corrected chi connectivity index (χ0v) is 11.9. The van der Waals surface area contributed by atoms with Crippen LogP contribution < -0.4 is 4.90 Å². The van der Waals surface area contributed by atoms with Gasteiger partial charge >= 0.3 is 6.09 Å². The van der Waals surface area contributed by atoms with Crippen molar-refractivity contribution in [2.75, 3.05) is 31.1 Å². The van der Waals surface area contributed by atoms with Crippen molar-refractivity contribution in [1.82, 2.24) is 9.88 Å². The lowest BCUT2D eigenvalue weighted by Crippen LogP contribution is -2.48. The van der Waals surface area contributed by atoms with Gasteiger partial charge in [0.1, 0.15) is 0 Å². The third-order valence-electron chi connectivity index (χ3n) is 3.53. The van der Waals surface area contributed by atoms with Gasteiger partial charge in [-0.15, -0.1) is 0 Å². The predicted molar refractivity (Wildman–Crippen MR) is 77.8 cm³/mol. The molecule has 3 rings (SSSR count). The summed E-state index contributed by atoms with van der Waals surface area (Å²) in [6, 6.07) is 6.14. The Kier molecular flexibility index (Phi) is 3.10. The molecule has 0 bridgehead atoms. The van der Waals surface area contributed by atoms with Crippen LogP contribution in [0.25, 0.3) is 10.9 Å². The second-order valence-electron chi connectivity index (χ2n) is 4.59. The molecule has 1 aromatic carbocycles. The van der Waals surface area contributed by atoms with Crippen LogP contribution in [-0.2, 0) is 0 Å². The van der Waals surface area contributed by atoms with Crippen LogP contribution in [0.1, 0.15) is 0 Å². The average molecular weight is 324 g/mol. The molecule has 0 spiro atoms. The van der Waals surface area contributed by atoms with E-state index in [1.54, 1.807) is 0 Å². The maximum Gasteiger partial charge on any atom is 0.407 e. The minimum absolute atomic E-state index is 0.549. The zero-order chi connectivity index (χ0) is 13.4. The Balaban J connectivity index is 1.90. The van der Waals surface area contributed by atoms with E-state index >= 15 is 0 Å². The highest BCUT2D eigenvalue weighted by atomic mass is 79.9. The van der Waals surface area contributed by atoms with E-state index in [4.69, 9.17) is 5.11 Å². The summed E-state index contributed by atoms with van der Waals surface area (Å²) < 4.78 is 1.04. The number of anilines is 1. The molecule has 0 atom stereocenters. The van der Waals surface area contributed by atoms with E-state index in [1.807, 2.05) is 18.3 Å². The largest absolute Gasteiger partial charge is 0.465 e. The lowest BCUT2D eigenvalue weighted by atomic mass is 10.2. The van der Waals surface area contributed by atoms with E-state index in [2.05, 4.69) is 31.9 Å². The van der Waals surface area contributed by atoms with E-state index in [9.17, 15) is 4.79 Å². The summed E-state index contributed by atoms with van der Waals surface area (Å²) >= 11 is 3.56. The first-order chi connectivity index (χ1) is 9.16. The van der Waals surface area contributed by atoms with Crippen molar-refractivity contribution in [3.63, 3.8) is 0 Å². The standard InChI is InChI=1S/C13H14BrN3O2/c14-9-8-15-10-2-1-3-11(12(9)10)16-4-6-17(7-5-16)13(18)19/h1-3,8,15H,4-7H2,(H,18,19). The third kappa shape index (κ3) is 2.16. The van der Waals surface area contributed by atoms with Crippen molar-refractivity contribution < 1.29 is 9.90 Å². The third-order valence-corrected chi connectivity index (χ3v) is 4.15. The Labute approximate surface area is 118 Å². The van der Waals surface area contributed by atoms with Crippen LogP contribution in [0.15, 0.2) is 28.9 Å². The number of nitrogens with one attached hydrogen (secondary N) is 1. The van der Waals surface area contributed by atoms with Gasteiger partial charge in [-0.2, -0.15) is 0 Å². The molecule has 1 aromatic heterocycles. The highest BCUT2D eigenvalue weighted by Crippen LogP contribution is 2.33. The van der Waals surface area contributed by atoms with Crippen molar-refractivity contribution in [2.24, 2.45) is 0 Å². The fraction of sp³-hybridized carbons (Fsp3) is 0.308. The van der Waals surface area contributed by atoms with E-state index in [0.717, 1.165) is 34.2 Å². The average Bonchev–Trinajstić information content (AvgIpc) is 2.81. The number of rotatable bonds is 1. The number of aromatic nitrogens is 1. The molecule has 0 saturated carbocycles. The molecule has 1 amide bonds. The van der Waals surface area contributed by atoms with Crippen LogP contribution in [0.4, 0.5) is 10.5 Å². The number of hydrogen-bond acceptors (Lipinski definition) is 2. The van der Waals surface area contributed by atoms with Gasteiger partial charge in [-0.05, 0) is 28.1 Å². The number of piperazine rings is 1. The number of amides is 1. The molecule has 0 unspecified atom stereocenters. The fourth-order valence-electron chi connectivity index (χ4n) is 2.53. The van der Waals surface area contributed by atoms with Gasteiger partial charge in [-0.1, -0.05) is 6.07 Å². The number of fused-ring (bicyclic) bond motifs is 1. The van der Waals surface area contributed by atoms with Crippen LogP contribution in [0.2, 0.25) is 0 Å². The number of carboxylic acid groups (broad SMARTS) is 1. The lowest BCUT2D eigenvalue weighted by Gasteiger charge is -2.35. The summed E-state index contributed by atoms with van der Waals surface area (Å²) in [6.07, 6.45) is 1.10. The van der Waals surface area contributed by atoms with E-state index in [-0.39, 0.29) is 0 Å². The van der Waals surface area contributed by atoms with Gasteiger partial charge in [0.15, 0.2) is 0 Å². The minimum atomic E-state index is -0.833. The van der Waals surface area contributed by atoms with Gasteiger partial charge in [0, 0.05) is 53.4 Å². The summed E-state index contributed by atoms with van der Waals surface area (Å²) in [5.74, 6) is 0. The summed E-state index contributed by atoms with van der Waals surface area (Å²) in [5.41, 5.74) is 2.24. The SMILES string of the molecule is O=C(O)N1CCN(c2cccc3[nH]cc(Br)c23)CC1. The van der Waals surface area contributed by atoms with Crippen molar-refractivity contribution >= 4 is 38.6 Å². The first kappa shape index (κ1) is 12.3. The van der Waals surface area contributed by atoms with Crippen LogP contribution >= 0.6 is 15.9 Å². The Morgan fingerprint density at radius 2 is 2.00 bits per heavy atom. The van der Waals surface area contributed by atoms with E-state index < -0.39 is 6.09 Å². The van der Waals surface area contributed by atoms with Crippen LogP contribution in [0.3, 0.4) is 0 Å². The molecule has 2 N–H and O–H groups in total. The number of aromatic amines is 1. The number of hydrogen-bond donors (Lipinski definition) is 2. The van der Waals surface area contributed by atoms with Gasteiger partial charge in [0.25, 0.3) is 0 Å². The summed E-state index contributed by atoms with van der Waals surface area (Å²) in [4.78, 5) is 17.8. The van der Waals surface area contributed by atoms with Gasteiger partial charge in [0.05, 0.1) is 0 Å². The maximum absolute atomic E-state index is 10.9. The smallest absolute Gasteiger partial charge is 0.407 e. The molecule has 1 aliphatic rings. The van der Waals surface area contributed by atoms with Crippen LogP contribution in [-0.4, -0.2) is 47.3 Å². The normalized spacial score (nSPS) is 16.1. The van der Waals surface area contributed by atoms with Gasteiger partial charge in [-0.25, -0.2) is 4.79 Å². The Bertz CT molecular complexity index is 617. The molecule has 5 nitrogen and oxygen atoms in total. The highest BCUT2D eigenvalue weighted by Gasteiger charge is 2.22. The number of nitrogens with zero attached hydrogens (tertiary/aromatic N) is 2. The molecule has 0 aliphatic carbocycles. The maximum atomic E-state index is 10.9. The quantitative estimate of drug-likeness (QED) is 0.848. The van der Waals surface area contributed by atoms with Crippen LogP contribution in [0.5, 0.6) is 0 Å². The Hall–Kier alpha value is -1.69. The second-order valence-corrected chi connectivity index (χ2v) is 5.45. The Morgan fingerprint density at radius 1 is 1.26 bits per heavy atom. The molecule has 2 heterocycles. The summed E-state index contributed by atoms with van der Waals surface area (Å²) in [7, 11) is 0. The molecular weight excluding hydrogens is 310 g/mol. The molecule has 0 radical (unpaired) electrons. The summed E-state index contributed by atoms with van der Waals surface area (Å²) in [5, 5.41) is 10.1. The summed E-state index contributed by atoms with van der Waals surface area (Å²) in [6.45, 7) is 2.55. The molecule has 1 saturated heterocycles. The molecule has 100 valence electrons. The molecule has 2 aromatic rings. The van der Waals surface area contributed by atoms with E-state index in [0.29, 0.717) is 13.1 Å². The van der Waals surface area contributed by atoms with Crippen LogP contribution in [0, 0.1) is 0 Å². The number of carbonyl (C=O) groups is 1. The second kappa shape index (κ2) is 4.77. The van der Waals surface area contributed by atoms with Gasteiger partial charge in [-0.3, -0.25) is 0 Å². The topological polar surface area (TPSA) is 59.6 Å². The van der Waals surface area contributed by atoms with Crippen molar-refractivity contribution in [1.29, 1.82) is 0 Å².